The van der Waals surface area contributed by atoms with Crippen molar-refractivity contribution in [3.8, 4) is 0 Å². The lowest BCUT2D eigenvalue weighted by atomic mass is 10.1. The van der Waals surface area contributed by atoms with Crippen molar-refractivity contribution in [2.24, 2.45) is 0 Å². The Hall–Kier alpha value is -1.42. The third-order valence-electron chi connectivity index (χ3n) is 5.05. The maximum Gasteiger partial charge on any atom is 0.336 e. The largest absolute Gasteiger partial charge is 0.336 e. The van der Waals surface area contributed by atoms with E-state index in [1.165, 1.54) is 44.9 Å². The van der Waals surface area contributed by atoms with Crippen molar-refractivity contribution in [1.29, 1.82) is 0 Å². The van der Waals surface area contributed by atoms with Gasteiger partial charge in [0.05, 0.1) is 25.4 Å². The van der Waals surface area contributed by atoms with E-state index in [4.69, 9.17) is 0 Å². The first-order valence-electron chi connectivity index (χ1n) is 9.97. The molecule has 1 unspecified atom stereocenters. The first kappa shape index (κ1) is 21.6. The molecule has 4 heteroatoms. The predicted molar refractivity (Wildman–Crippen MR) is 105 cm³/mol. The van der Waals surface area contributed by atoms with Crippen molar-refractivity contribution in [2.45, 2.75) is 83.8 Å². The number of hydrogen-bond donors (Lipinski definition) is 0. The van der Waals surface area contributed by atoms with Crippen molar-refractivity contribution in [3.63, 3.8) is 0 Å². The minimum atomic E-state index is -0.523. The van der Waals surface area contributed by atoms with Gasteiger partial charge in [0.25, 0.3) is 0 Å². The summed E-state index contributed by atoms with van der Waals surface area (Å²) in [6.45, 7) is 2.94. The Bertz CT molecular complexity index is 474. The molecular weight excluding hydrogens is 312 g/mol. The maximum absolute atomic E-state index is 11.6. The number of quaternary nitrogens is 1. The number of benzene rings is 1. The molecule has 0 aliphatic heterocycles. The van der Waals surface area contributed by atoms with Gasteiger partial charge in [-0.1, -0.05) is 88.6 Å². The number of unbranched alkanes of at least 4 members (excludes halogenated alkanes) is 8. The number of nitro groups is 1. The fraction of sp³-hybridized carbons (Fsp3) is 0.714. The zero-order valence-electron chi connectivity index (χ0n) is 16.5. The van der Waals surface area contributed by atoms with Crippen LogP contribution in [0.4, 0.5) is 0 Å². The number of nitrogens with zero attached hydrogens (tertiary/aromatic N) is 2. The molecule has 0 bridgehead atoms. The van der Waals surface area contributed by atoms with Gasteiger partial charge < -0.3 is 0 Å². The van der Waals surface area contributed by atoms with Gasteiger partial charge >= 0.3 is 6.17 Å². The summed E-state index contributed by atoms with van der Waals surface area (Å²) >= 11 is 0. The standard InChI is InChI=1S/C21H37N2O2/c1-4-5-6-7-8-9-10-11-15-18-21(22(24)25)23(2,3)19-20-16-13-12-14-17-20/h12-14,16-17,21H,4-11,15,18-19H2,1-3H3/q+1. The molecule has 0 N–H and O–H groups in total. The van der Waals surface area contributed by atoms with Gasteiger partial charge in [-0.05, 0) is 6.42 Å². The Kier molecular flexibility index (Phi) is 10.4. The quantitative estimate of drug-likeness (QED) is 0.140. The number of rotatable bonds is 14. The average Bonchev–Trinajstić information content (AvgIpc) is 2.56. The summed E-state index contributed by atoms with van der Waals surface area (Å²) in [4.78, 5) is 11.5. The highest BCUT2D eigenvalue weighted by molar-refractivity contribution is 5.13. The molecule has 25 heavy (non-hydrogen) atoms. The average molecular weight is 350 g/mol. The summed E-state index contributed by atoms with van der Waals surface area (Å²) in [5.41, 5.74) is 1.16. The molecule has 142 valence electrons. The topological polar surface area (TPSA) is 43.1 Å². The van der Waals surface area contributed by atoms with Crippen LogP contribution in [0.2, 0.25) is 0 Å². The van der Waals surface area contributed by atoms with Crippen molar-refractivity contribution in [3.05, 3.63) is 46.0 Å². The second-order valence-electron chi connectivity index (χ2n) is 7.81. The molecule has 1 aromatic carbocycles. The second kappa shape index (κ2) is 12.0. The van der Waals surface area contributed by atoms with Crippen molar-refractivity contribution < 1.29 is 9.41 Å². The van der Waals surface area contributed by atoms with Gasteiger partial charge in [0.15, 0.2) is 0 Å². The van der Waals surface area contributed by atoms with Crippen LogP contribution in [0.25, 0.3) is 0 Å². The van der Waals surface area contributed by atoms with Crippen LogP contribution >= 0.6 is 0 Å². The molecule has 4 nitrogen and oxygen atoms in total. The lowest BCUT2D eigenvalue weighted by molar-refractivity contribution is -1.00. The van der Waals surface area contributed by atoms with Crippen LogP contribution in [0.1, 0.15) is 76.7 Å². The van der Waals surface area contributed by atoms with Crippen molar-refractivity contribution in [2.75, 3.05) is 14.1 Å². The Labute approximate surface area is 154 Å². The Morgan fingerprint density at radius 2 is 1.44 bits per heavy atom. The molecule has 0 saturated heterocycles. The molecule has 0 fully saturated rings. The van der Waals surface area contributed by atoms with Gasteiger partial charge in [-0.25, -0.2) is 0 Å². The van der Waals surface area contributed by atoms with Gasteiger partial charge in [0.2, 0.25) is 0 Å². The molecule has 1 aromatic rings. The van der Waals surface area contributed by atoms with Gasteiger partial charge in [-0.2, -0.15) is 0 Å². The number of hydrogen-bond acceptors (Lipinski definition) is 2. The zero-order valence-corrected chi connectivity index (χ0v) is 16.5. The van der Waals surface area contributed by atoms with E-state index >= 15 is 0 Å². The summed E-state index contributed by atoms with van der Waals surface area (Å²) in [6.07, 6.45) is 11.3. The molecule has 0 heterocycles. The van der Waals surface area contributed by atoms with Crippen LogP contribution in [-0.2, 0) is 6.54 Å². The van der Waals surface area contributed by atoms with Crippen LogP contribution in [0.3, 0.4) is 0 Å². The first-order chi connectivity index (χ1) is 12.0. The van der Waals surface area contributed by atoms with Gasteiger partial charge in [0.1, 0.15) is 6.54 Å². The molecule has 0 spiro atoms. The molecule has 0 aliphatic carbocycles. The van der Waals surface area contributed by atoms with Gasteiger partial charge in [0, 0.05) is 5.56 Å². The van der Waals surface area contributed by atoms with E-state index in [0.717, 1.165) is 18.4 Å². The third-order valence-corrected chi connectivity index (χ3v) is 5.05. The summed E-state index contributed by atoms with van der Waals surface area (Å²) in [7, 11) is 3.96. The van der Waals surface area contributed by atoms with Crippen LogP contribution in [-0.4, -0.2) is 29.7 Å². The van der Waals surface area contributed by atoms with E-state index < -0.39 is 6.17 Å². The van der Waals surface area contributed by atoms with Crippen LogP contribution < -0.4 is 0 Å². The Balaban J connectivity index is 2.32. The SMILES string of the molecule is CCCCCCCCCCCC([N+](=O)[O-])[N+](C)(C)Cc1ccccc1. The second-order valence-corrected chi connectivity index (χ2v) is 7.81. The van der Waals surface area contributed by atoms with E-state index in [1.807, 2.05) is 32.3 Å². The highest BCUT2D eigenvalue weighted by atomic mass is 16.6. The molecule has 0 aromatic heterocycles. The minimum Gasteiger partial charge on any atom is -0.263 e. The van der Waals surface area contributed by atoms with E-state index in [9.17, 15) is 10.1 Å². The molecular formula is C21H37N2O2+. The summed E-state index contributed by atoms with van der Waals surface area (Å²) in [6, 6.07) is 10.1. The smallest absolute Gasteiger partial charge is 0.263 e. The van der Waals surface area contributed by atoms with E-state index in [-0.39, 0.29) is 4.92 Å². The molecule has 1 atom stereocenters. The Morgan fingerprint density at radius 3 is 1.96 bits per heavy atom. The summed E-state index contributed by atoms with van der Waals surface area (Å²) in [5, 5.41) is 11.6. The van der Waals surface area contributed by atoms with Gasteiger partial charge in [-0.3, -0.25) is 14.6 Å². The summed E-state index contributed by atoms with van der Waals surface area (Å²) in [5.74, 6) is 0. The van der Waals surface area contributed by atoms with Crippen LogP contribution in [0, 0.1) is 10.1 Å². The monoisotopic (exact) mass is 349 g/mol. The van der Waals surface area contributed by atoms with Gasteiger partial charge in [-0.15, -0.1) is 0 Å². The molecule has 0 radical (unpaired) electrons. The first-order valence-corrected chi connectivity index (χ1v) is 9.97. The van der Waals surface area contributed by atoms with Crippen molar-refractivity contribution in [1.82, 2.24) is 0 Å². The zero-order chi connectivity index (χ0) is 18.5. The normalized spacial score (nSPS) is 12.9. The summed E-state index contributed by atoms with van der Waals surface area (Å²) < 4.78 is 0.411. The third kappa shape index (κ3) is 9.01. The lowest BCUT2D eigenvalue weighted by Gasteiger charge is -2.32. The molecule has 0 amide bonds. The van der Waals surface area contributed by atoms with E-state index in [1.54, 1.807) is 0 Å². The highest BCUT2D eigenvalue weighted by Crippen LogP contribution is 2.20. The lowest BCUT2D eigenvalue weighted by Crippen LogP contribution is -2.52. The molecule has 0 saturated carbocycles. The predicted octanol–water partition coefficient (Wildman–Crippen LogP) is 5.79. The maximum atomic E-state index is 11.6. The van der Waals surface area contributed by atoms with Crippen LogP contribution in [0.5, 0.6) is 0 Å². The minimum absolute atomic E-state index is 0.0757. The van der Waals surface area contributed by atoms with Crippen LogP contribution in [0.15, 0.2) is 30.3 Å². The van der Waals surface area contributed by atoms with Crippen molar-refractivity contribution >= 4 is 0 Å². The molecule has 0 aliphatic rings. The highest BCUT2D eigenvalue weighted by Gasteiger charge is 2.37. The van der Waals surface area contributed by atoms with E-state index in [0.29, 0.717) is 17.4 Å². The molecule has 1 rings (SSSR count). The van der Waals surface area contributed by atoms with E-state index in [2.05, 4.69) is 19.1 Å². The fourth-order valence-corrected chi connectivity index (χ4v) is 3.51. The fourth-order valence-electron chi connectivity index (χ4n) is 3.51. The Morgan fingerprint density at radius 1 is 0.920 bits per heavy atom.